The zero-order chi connectivity index (χ0) is 13.1. The summed E-state index contributed by atoms with van der Waals surface area (Å²) in [6, 6.07) is 7.21. The molecule has 0 saturated carbocycles. The molecule has 0 radical (unpaired) electrons. The van der Waals surface area contributed by atoms with E-state index < -0.39 is 5.97 Å². The fraction of sp³-hybridized carbons (Fsp3) is 0.400. The molecular formula is C15H19NO2. The average Bonchev–Trinajstić information content (AvgIpc) is 2.34. The van der Waals surface area contributed by atoms with Gasteiger partial charge in [0.25, 0.3) is 0 Å². The van der Waals surface area contributed by atoms with E-state index in [1.54, 1.807) is 12.1 Å². The van der Waals surface area contributed by atoms with Crippen molar-refractivity contribution < 1.29 is 9.90 Å². The molecule has 18 heavy (non-hydrogen) atoms. The lowest BCUT2D eigenvalue weighted by Crippen LogP contribution is -2.30. The van der Waals surface area contributed by atoms with E-state index in [0.29, 0.717) is 5.56 Å². The molecule has 0 fully saturated rings. The van der Waals surface area contributed by atoms with Crippen molar-refractivity contribution in [3.63, 3.8) is 0 Å². The van der Waals surface area contributed by atoms with Crippen LogP contribution < -0.4 is 0 Å². The molecule has 3 heteroatoms. The molecule has 0 saturated heterocycles. The summed E-state index contributed by atoms with van der Waals surface area (Å²) in [5.41, 5.74) is 4.37. The second kappa shape index (κ2) is 5.36. The van der Waals surface area contributed by atoms with Crippen molar-refractivity contribution >= 4 is 5.97 Å². The molecule has 0 aliphatic carbocycles. The maximum absolute atomic E-state index is 10.9. The van der Waals surface area contributed by atoms with Crippen LogP contribution in [0.25, 0.3) is 0 Å². The standard InChI is InChI=1S/C15H19NO2/c1-11-6-7-16(9-12(11)2)10-13-4-3-5-14(8-13)15(17)18/h3-5,8H,6-7,9-10H2,1-2H3,(H,17,18). The fourth-order valence-electron chi connectivity index (χ4n) is 2.28. The van der Waals surface area contributed by atoms with E-state index in [0.717, 1.165) is 31.6 Å². The molecule has 1 aromatic rings. The summed E-state index contributed by atoms with van der Waals surface area (Å²) < 4.78 is 0. The molecule has 96 valence electrons. The number of carboxylic acid groups (broad SMARTS) is 1. The van der Waals surface area contributed by atoms with E-state index in [1.807, 2.05) is 12.1 Å². The van der Waals surface area contributed by atoms with Gasteiger partial charge in [-0.2, -0.15) is 0 Å². The third-order valence-corrected chi connectivity index (χ3v) is 3.57. The molecular weight excluding hydrogens is 226 g/mol. The topological polar surface area (TPSA) is 40.5 Å². The fourth-order valence-corrected chi connectivity index (χ4v) is 2.28. The van der Waals surface area contributed by atoms with Gasteiger partial charge in [0.05, 0.1) is 5.56 Å². The highest BCUT2D eigenvalue weighted by atomic mass is 16.4. The zero-order valence-electron chi connectivity index (χ0n) is 10.9. The second-order valence-electron chi connectivity index (χ2n) is 5.03. The number of rotatable bonds is 3. The summed E-state index contributed by atoms with van der Waals surface area (Å²) in [7, 11) is 0. The first-order chi connectivity index (χ1) is 8.56. The van der Waals surface area contributed by atoms with Crippen LogP contribution in [0.1, 0.15) is 36.2 Å². The lowest BCUT2D eigenvalue weighted by Gasteiger charge is -2.28. The summed E-state index contributed by atoms with van der Waals surface area (Å²) >= 11 is 0. The van der Waals surface area contributed by atoms with Crippen molar-refractivity contribution in [2.24, 2.45) is 0 Å². The number of benzene rings is 1. The minimum absolute atomic E-state index is 0.368. The first-order valence-corrected chi connectivity index (χ1v) is 6.26. The van der Waals surface area contributed by atoms with E-state index in [2.05, 4.69) is 18.7 Å². The lowest BCUT2D eigenvalue weighted by molar-refractivity contribution is 0.0696. The Morgan fingerprint density at radius 2 is 2.11 bits per heavy atom. The van der Waals surface area contributed by atoms with Crippen molar-refractivity contribution in [3.05, 3.63) is 46.5 Å². The van der Waals surface area contributed by atoms with Gasteiger partial charge in [-0.15, -0.1) is 0 Å². The Morgan fingerprint density at radius 3 is 2.78 bits per heavy atom. The predicted octanol–water partition coefficient (Wildman–Crippen LogP) is 2.93. The summed E-state index contributed by atoms with van der Waals surface area (Å²) in [6.07, 6.45) is 1.12. The smallest absolute Gasteiger partial charge is 0.335 e. The van der Waals surface area contributed by atoms with Gasteiger partial charge in [-0.25, -0.2) is 4.79 Å². The molecule has 1 aliphatic heterocycles. The molecule has 0 atom stereocenters. The molecule has 3 nitrogen and oxygen atoms in total. The van der Waals surface area contributed by atoms with Gasteiger partial charge < -0.3 is 5.11 Å². The molecule has 1 aliphatic rings. The highest BCUT2D eigenvalue weighted by Crippen LogP contribution is 2.19. The molecule has 1 N–H and O–H groups in total. The summed E-state index contributed by atoms with van der Waals surface area (Å²) in [4.78, 5) is 13.3. The molecule has 0 amide bonds. The van der Waals surface area contributed by atoms with Crippen LogP contribution in [0.4, 0.5) is 0 Å². The third-order valence-electron chi connectivity index (χ3n) is 3.57. The van der Waals surface area contributed by atoms with Crippen molar-refractivity contribution in [1.82, 2.24) is 4.90 Å². The van der Waals surface area contributed by atoms with Crippen LogP contribution in [-0.2, 0) is 6.54 Å². The monoisotopic (exact) mass is 245 g/mol. The van der Waals surface area contributed by atoms with Gasteiger partial charge in [0, 0.05) is 19.6 Å². The van der Waals surface area contributed by atoms with Crippen LogP contribution in [0.3, 0.4) is 0 Å². The van der Waals surface area contributed by atoms with Crippen molar-refractivity contribution in [2.75, 3.05) is 13.1 Å². The minimum atomic E-state index is -0.859. The van der Waals surface area contributed by atoms with Gasteiger partial charge in [0.2, 0.25) is 0 Å². The number of carbonyl (C=O) groups is 1. The number of hydrogen-bond acceptors (Lipinski definition) is 2. The van der Waals surface area contributed by atoms with Crippen LogP contribution in [0, 0.1) is 0 Å². The van der Waals surface area contributed by atoms with Gasteiger partial charge in [-0.3, -0.25) is 4.90 Å². The van der Waals surface area contributed by atoms with Crippen LogP contribution >= 0.6 is 0 Å². The Morgan fingerprint density at radius 1 is 1.33 bits per heavy atom. The van der Waals surface area contributed by atoms with Gasteiger partial charge in [-0.05, 0) is 38.0 Å². The van der Waals surface area contributed by atoms with Crippen LogP contribution in [0.2, 0.25) is 0 Å². The van der Waals surface area contributed by atoms with E-state index >= 15 is 0 Å². The Bertz CT molecular complexity index is 491. The van der Waals surface area contributed by atoms with Gasteiger partial charge in [0.1, 0.15) is 0 Å². The SMILES string of the molecule is CC1=C(C)CN(Cc2cccc(C(=O)O)c2)CC1. The number of carboxylic acids is 1. The van der Waals surface area contributed by atoms with Crippen molar-refractivity contribution in [3.8, 4) is 0 Å². The lowest BCUT2D eigenvalue weighted by atomic mass is 10.0. The van der Waals surface area contributed by atoms with E-state index in [1.165, 1.54) is 11.1 Å². The number of aromatic carboxylic acids is 1. The molecule has 2 rings (SSSR count). The van der Waals surface area contributed by atoms with Gasteiger partial charge >= 0.3 is 5.97 Å². The van der Waals surface area contributed by atoms with Crippen LogP contribution in [-0.4, -0.2) is 29.1 Å². The van der Waals surface area contributed by atoms with Gasteiger partial charge in [-0.1, -0.05) is 23.3 Å². The predicted molar refractivity (Wildman–Crippen MR) is 71.7 cm³/mol. The van der Waals surface area contributed by atoms with E-state index in [4.69, 9.17) is 5.11 Å². The zero-order valence-corrected chi connectivity index (χ0v) is 10.9. The van der Waals surface area contributed by atoms with Crippen LogP contribution in [0.5, 0.6) is 0 Å². The normalized spacial score (nSPS) is 17.0. The second-order valence-corrected chi connectivity index (χ2v) is 5.03. The molecule has 0 unspecified atom stereocenters. The van der Waals surface area contributed by atoms with Crippen molar-refractivity contribution in [2.45, 2.75) is 26.8 Å². The Hall–Kier alpha value is -1.61. The molecule has 0 spiro atoms. The highest BCUT2D eigenvalue weighted by molar-refractivity contribution is 5.87. The first kappa shape index (κ1) is 12.8. The third kappa shape index (κ3) is 2.99. The quantitative estimate of drug-likeness (QED) is 0.832. The molecule has 0 aromatic heterocycles. The molecule has 1 aromatic carbocycles. The molecule has 0 bridgehead atoms. The Labute approximate surface area is 108 Å². The van der Waals surface area contributed by atoms with Gasteiger partial charge in [0.15, 0.2) is 0 Å². The summed E-state index contributed by atoms with van der Waals surface area (Å²) in [6.45, 7) is 7.24. The Balaban J connectivity index is 2.06. The number of hydrogen-bond donors (Lipinski definition) is 1. The van der Waals surface area contributed by atoms with E-state index in [-0.39, 0.29) is 0 Å². The van der Waals surface area contributed by atoms with Crippen molar-refractivity contribution in [1.29, 1.82) is 0 Å². The summed E-state index contributed by atoms with van der Waals surface area (Å²) in [5, 5.41) is 8.97. The minimum Gasteiger partial charge on any atom is -0.478 e. The Kier molecular flexibility index (Phi) is 3.82. The largest absolute Gasteiger partial charge is 0.478 e. The summed E-state index contributed by atoms with van der Waals surface area (Å²) in [5.74, 6) is -0.859. The highest BCUT2D eigenvalue weighted by Gasteiger charge is 2.14. The molecule has 1 heterocycles. The number of nitrogens with zero attached hydrogens (tertiary/aromatic N) is 1. The van der Waals surface area contributed by atoms with Crippen LogP contribution in [0.15, 0.2) is 35.4 Å². The average molecular weight is 245 g/mol. The maximum Gasteiger partial charge on any atom is 0.335 e. The first-order valence-electron chi connectivity index (χ1n) is 6.26. The maximum atomic E-state index is 10.9. The van der Waals surface area contributed by atoms with E-state index in [9.17, 15) is 4.79 Å².